The van der Waals surface area contributed by atoms with Crippen LogP contribution in [0.15, 0.2) is 24.5 Å². The molecule has 1 aliphatic carbocycles. The summed E-state index contributed by atoms with van der Waals surface area (Å²) in [4.78, 5) is 15.9. The highest BCUT2D eigenvalue weighted by Crippen LogP contribution is 2.23. The number of aromatic nitrogens is 1. The number of hydrogen-bond donors (Lipinski definition) is 0. The molecule has 0 aromatic carbocycles. The fourth-order valence-electron chi connectivity index (χ4n) is 2.25. The van der Waals surface area contributed by atoms with Gasteiger partial charge in [0, 0.05) is 24.7 Å². The minimum atomic E-state index is 0.247. The van der Waals surface area contributed by atoms with Crippen LogP contribution in [0.25, 0.3) is 0 Å². The van der Waals surface area contributed by atoms with Crippen LogP contribution < -0.4 is 0 Å². The molecule has 1 atom stereocenters. The highest BCUT2D eigenvalue weighted by atomic mass is 16.1. The van der Waals surface area contributed by atoms with Crippen molar-refractivity contribution < 1.29 is 4.79 Å². The van der Waals surface area contributed by atoms with E-state index < -0.39 is 0 Å². The predicted molar refractivity (Wildman–Crippen MR) is 59.5 cm³/mol. The zero-order chi connectivity index (χ0) is 10.5. The SMILES string of the molecule is O=C1CCCCCC1Cc1cccnc1. The van der Waals surface area contributed by atoms with Crippen molar-refractivity contribution in [3.05, 3.63) is 30.1 Å². The van der Waals surface area contributed by atoms with E-state index in [-0.39, 0.29) is 5.92 Å². The molecule has 1 heterocycles. The van der Waals surface area contributed by atoms with E-state index >= 15 is 0 Å². The molecule has 2 heteroatoms. The molecule has 0 amide bonds. The first kappa shape index (κ1) is 10.3. The third-order valence-electron chi connectivity index (χ3n) is 3.14. The van der Waals surface area contributed by atoms with Gasteiger partial charge < -0.3 is 0 Å². The number of ketones is 1. The van der Waals surface area contributed by atoms with Gasteiger partial charge in [0.05, 0.1) is 0 Å². The Kier molecular flexibility index (Phi) is 3.49. The summed E-state index contributed by atoms with van der Waals surface area (Å²) >= 11 is 0. The zero-order valence-electron chi connectivity index (χ0n) is 8.98. The Hall–Kier alpha value is -1.18. The van der Waals surface area contributed by atoms with Crippen molar-refractivity contribution in [2.24, 2.45) is 5.92 Å². The van der Waals surface area contributed by atoms with Crippen molar-refractivity contribution in [1.82, 2.24) is 4.98 Å². The van der Waals surface area contributed by atoms with Crippen LogP contribution in [0.1, 0.15) is 37.7 Å². The standard InChI is InChI=1S/C13H17NO/c15-13-7-3-1-2-6-12(13)9-11-5-4-8-14-10-11/h4-5,8,10,12H,1-3,6-7,9H2. The summed E-state index contributed by atoms with van der Waals surface area (Å²) in [5.74, 6) is 0.702. The summed E-state index contributed by atoms with van der Waals surface area (Å²) in [6.07, 6.45) is 9.89. The summed E-state index contributed by atoms with van der Waals surface area (Å²) in [6, 6.07) is 4.00. The number of Topliss-reactive ketones (excluding diaryl/α,β-unsaturated/α-hetero) is 1. The number of pyridine rings is 1. The second-order valence-corrected chi connectivity index (χ2v) is 4.33. The smallest absolute Gasteiger partial charge is 0.136 e. The second-order valence-electron chi connectivity index (χ2n) is 4.33. The average molecular weight is 203 g/mol. The second kappa shape index (κ2) is 5.06. The molecule has 1 fully saturated rings. The van der Waals surface area contributed by atoms with Gasteiger partial charge in [-0.25, -0.2) is 0 Å². The molecule has 0 bridgehead atoms. The van der Waals surface area contributed by atoms with E-state index in [2.05, 4.69) is 11.1 Å². The van der Waals surface area contributed by atoms with E-state index in [0.29, 0.717) is 5.78 Å². The Morgan fingerprint density at radius 1 is 1.33 bits per heavy atom. The third-order valence-corrected chi connectivity index (χ3v) is 3.14. The van der Waals surface area contributed by atoms with Crippen molar-refractivity contribution >= 4 is 5.78 Å². The molecule has 0 aliphatic heterocycles. The van der Waals surface area contributed by atoms with Gasteiger partial charge in [0.15, 0.2) is 0 Å². The first-order valence-corrected chi connectivity index (χ1v) is 5.78. The zero-order valence-corrected chi connectivity index (χ0v) is 8.98. The Morgan fingerprint density at radius 3 is 3.07 bits per heavy atom. The molecule has 15 heavy (non-hydrogen) atoms. The van der Waals surface area contributed by atoms with Crippen molar-refractivity contribution in [2.75, 3.05) is 0 Å². The van der Waals surface area contributed by atoms with Crippen LogP contribution >= 0.6 is 0 Å². The number of rotatable bonds is 2. The Bertz CT molecular complexity index is 321. The highest BCUT2D eigenvalue weighted by molar-refractivity contribution is 5.81. The quantitative estimate of drug-likeness (QED) is 0.692. The van der Waals surface area contributed by atoms with E-state index in [9.17, 15) is 4.79 Å². The molecule has 1 aromatic heterocycles. The highest BCUT2D eigenvalue weighted by Gasteiger charge is 2.20. The molecule has 1 unspecified atom stereocenters. The topological polar surface area (TPSA) is 30.0 Å². The minimum absolute atomic E-state index is 0.247. The van der Waals surface area contributed by atoms with Crippen molar-refractivity contribution in [2.45, 2.75) is 38.5 Å². The van der Waals surface area contributed by atoms with Gasteiger partial charge in [-0.3, -0.25) is 9.78 Å². The van der Waals surface area contributed by atoms with Gasteiger partial charge in [-0.2, -0.15) is 0 Å². The van der Waals surface area contributed by atoms with Crippen LogP contribution in [0.2, 0.25) is 0 Å². The van der Waals surface area contributed by atoms with Crippen molar-refractivity contribution in [3.63, 3.8) is 0 Å². The van der Waals surface area contributed by atoms with Gasteiger partial charge >= 0.3 is 0 Å². The number of carbonyl (C=O) groups is 1. The maximum atomic E-state index is 11.8. The summed E-state index contributed by atoms with van der Waals surface area (Å²) in [7, 11) is 0. The summed E-state index contributed by atoms with van der Waals surface area (Å²) in [6.45, 7) is 0. The summed E-state index contributed by atoms with van der Waals surface area (Å²) in [5.41, 5.74) is 1.19. The lowest BCUT2D eigenvalue weighted by Crippen LogP contribution is -2.15. The average Bonchev–Trinajstić information content (AvgIpc) is 2.46. The minimum Gasteiger partial charge on any atom is -0.299 e. The van der Waals surface area contributed by atoms with Gasteiger partial charge in [0.2, 0.25) is 0 Å². The van der Waals surface area contributed by atoms with E-state index in [4.69, 9.17) is 0 Å². The first-order chi connectivity index (χ1) is 7.36. The van der Waals surface area contributed by atoms with Crippen LogP contribution in [-0.2, 0) is 11.2 Å². The maximum absolute atomic E-state index is 11.8. The monoisotopic (exact) mass is 203 g/mol. The molecule has 0 saturated heterocycles. The van der Waals surface area contributed by atoms with Gasteiger partial charge in [-0.1, -0.05) is 18.9 Å². The van der Waals surface area contributed by atoms with Crippen LogP contribution in [0, 0.1) is 5.92 Å². The van der Waals surface area contributed by atoms with Crippen LogP contribution in [0.4, 0.5) is 0 Å². The molecule has 2 nitrogen and oxygen atoms in total. The lowest BCUT2D eigenvalue weighted by Gasteiger charge is -2.12. The molecule has 0 radical (unpaired) electrons. The lowest BCUT2D eigenvalue weighted by atomic mass is 9.92. The van der Waals surface area contributed by atoms with E-state index in [1.54, 1.807) is 6.20 Å². The largest absolute Gasteiger partial charge is 0.299 e. The molecule has 1 saturated carbocycles. The predicted octanol–water partition coefficient (Wildman–Crippen LogP) is 2.77. The van der Waals surface area contributed by atoms with Crippen LogP contribution in [0.3, 0.4) is 0 Å². The molecule has 1 aliphatic rings. The molecular formula is C13H17NO. The molecule has 0 N–H and O–H groups in total. The first-order valence-electron chi connectivity index (χ1n) is 5.78. The third kappa shape index (κ3) is 2.88. The number of nitrogens with zero attached hydrogens (tertiary/aromatic N) is 1. The Morgan fingerprint density at radius 2 is 2.27 bits per heavy atom. The van der Waals surface area contributed by atoms with Crippen LogP contribution in [0.5, 0.6) is 0 Å². The molecule has 0 spiro atoms. The summed E-state index contributed by atoms with van der Waals surface area (Å²) < 4.78 is 0. The number of hydrogen-bond acceptors (Lipinski definition) is 2. The van der Waals surface area contributed by atoms with Gasteiger partial charge in [0.25, 0.3) is 0 Å². The van der Waals surface area contributed by atoms with E-state index in [1.807, 2.05) is 12.3 Å². The maximum Gasteiger partial charge on any atom is 0.136 e. The fraction of sp³-hybridized carbons (Fsp3) is 0.538. The molecule has 2 rings (SSSR count). The molecule has 1 aromatic rings. The summed E-state index contributed by atoms with van der Waals surface area (Å²) in [5, 5.41) is 0. The van der Waals surface area contributed by atoms with Gasteiger partial charge in [-0.15, -0.1) is 0 Å². The lowest BCUT2D eigenvalue weighted by molar-refractivity contribution is -0.122. The Labute approximate surface area is 90.7 Å². The van der Waals surface area contributed by atoms with Crippen molar-refractivity contribution in [3.8, 4) is 0 Å². The molecular weight excluding hydrogens is 186 g/mol. The van der Waals surface area contributed by atoms with E-state index in [0.717, 1.165) is 25.7 Å². The Balaban J connectivity index is 2.01. The van der Waals surface area contributed by atoms with E-state index in [1.165, 1.54) is 18.4 Å². The van der Waals surface area contributed by atoms with Crippen molar-refractivity contribution in [1.29, 1.82) is 0 Å². The number of carbonyl (C=O) groups excluding carboxylic acids is 1. The fourth-order valence-corrected chi connectivity index (χ4v) is 2.25. The van der Waals surface area contributed by atoms with Crippen LogP contribution in [-0.4, -0.2) is 10.8 Å². The normalized spacial score (nSPS) is 22.4. The molecule has 80 valence electrons. The van der Waals surface area contributed by atoms with Gasteiger partial charge in [-0.05, 0) is 30.9 Å². The van der Waals surface area contributed by atoms with Gasteiger partial charge in [0.1, 0.15) is 5.78 Å².